The Balaban J connectivity index is 1.64. The lowest BCUT2D eigenvalue weighted by Crippen LogP contribution is -2.68. The molecule has 7 heteroatoms. The molecule has 1 unspecified atom stereocenters. The molecule has 2 aromatic rings. The number of aryl methyl sites for hydroxylation is 1. The highest BCUT2D eigenvalue weighted by molar-refractivity contribution is 6.08. The SMILES string of the molecule is Cc1cccc(NC(=O)NC2(NC3CCCCC3)N=Cc3ccccc3N(C)C2=O)c1. The van der Waals surface area contributed by atoms with E-state index in [0.29, 0.717) is 5.69 Å². The van der Waals surface area contributed by atoms with E-state index in [4.69, 9.17) is 0 Å². The quantitative estimate of drug-likeness (QED) is 0.659. The molecule has 1 atom stereocenters. The predicted molar refractivity (Wildman–Crippen MR) is 124 cm³/mol. The number of aliphatic imine (C=N–C) groups is 1. The fraction of sp³-hybridized carbons (Fsp3) is 0.375. The van der Waals surface area contributed by atoms with Gasteiger partial charge in [0.2, 0.25) is 0 Å². The van der Waals surface area contributed by atoms with Crippen LogP contribution in [-0.2, 0) is 4.79 Å². The van der Waals surface area contributed by atoms with Gasteiger partial charge in [-0.15, -0.1) is 0 Å². The van der Waals surface area contributed by atoms with Gasteiger partial charge in [0.25, 0.3) is 11.7 Å². The highest BCUT2D eigenvalue weighted by Gasteiger charge is 2.45. The van der Waals surface area contributed by atoms with Crippen LogP contribution in [0.25, 0.3) is 0 Å². The van der Waals surface area contributed by atoms with Crippen molar-refractivity contribution in [2.45, 2.75) is 50.9 Å². The minimum Gasteiger partial charge on any atom is -0.310 e. The average molecular weight is 420 g/mol. The largest absolute Gasteiger partial charge is 0.322 e. The number of amides is 3. The second-order valence-electron chi connectivity index (χ2n) is 8.32. The normalized spacial score (nSPS) is 21.4. The van der Waals surface area contributed by atoms with Crippen molar-refractivity contribution in [2.75, 3.05) is 17.3 Å². The summed E-state index contributed by atoms with van der Waals surface area (Å²) in [5, 5.41) is 9.08. The molecule has 2 aliphatic rings. The summed E-state index contributed by atoms with van der Waals surface area (Å²) in [6, 6.07) is 14.7. The first kappa shape index (κ1) is 21.1. The van der Waals surface area contributed by atoms with E-state index < -0.39 is 11.8 Å². The standard InChI is InChI=1S/C24H29N5O2/c1-17-9-8-13-20(15-17)26-23(31)28-24(27-19-11-4-3-5-12-19)22(30)29(2)21-14-7-6-10-18(21)16-25-24/h6-10,13-16,19,27H,3-5,11-12H2,1-2H3,(H2,26,28,31). The van der Waals surface area contributed by atoms with Crippen LogP contribution >= 0.6 is 0 Å². The van der Waals surface area contributed by atoms with E-state index in [9.17, 15) is 9.59 Å². The van der Waals surface area contributed by atoms with Crippen molar-refractivity contribution in [2.24, 2.45) is 4.99 Å². The topological polar surface area (TPSA) is 85.8 Å². The second-order valence-corrected chi connectivity index (χ2v) is 8.32. The molecular weight excluding hydrogens is 390 g/mol. The van der Waals surface area contributed by atoms with Gasteiger partial charge in [-0.3, -0.25) is 15.4 Å². The van der Waals surface area contributed by atoms with Crippen LogP contribution in [0.2, 0.25) is 0 Å². The number of anilines is 2. The van der Waals surface area contributed by atoms with Gasteiger partial charge in [0.15, 0.2) is 0 Å². The average Bonchev–Trinajstić information content (AvgIpc) is 2.86. The Kier molecular flexibility index (Phi) is 6.04. The first-order chi connectivity index (χ1) is 15.0. The summed E-state index contributed by atoms with van der Waals surface area (Å²) in [4.78, 5) is 32.8. The smallest absolute Gasteiger partial charge is 0.310 e. The van der Waals surface area contributed by atoms with Crippen LogP contribution in [0.1, 0.15) is 43.2 Å². The fourth-order valence-electron chi connectivity index (χ4n) is 4.29. The molecule has 0 saturated heterocycles. The molecule has 0 radical (unpaired) electrons. The molecule has 0 bridgehead atoms. The van der Waals surface area contributed by atoms with Crippen LogP contribution in [0.15, 0.2) is 53.5 Å². The Hall–Kier alpha value is -3.19. The first-order valence-electron chi connectivity index (χ1n) is 10.8. The van der Waals surface area contributed by atoms with Crippen LogP contribution in [0.4, 0.5) is 16.2 Å². The summed E-state index contributed by atoms with van der Waals surface area (Å²) in [5.41, 5.74) is 3.27. The highest BCUT2D eigenvalue weighted by Crippen LogP contribution is 2.27. The minimum absolute atomic E-state index is 0.101. The Labute approximate surface area is 182 Å². The van der Waals surface area contributed by atoms with Gasteiger partial charge < -0.3 is 10.2 Å². The van der Waals surface area contributed by atoms with Crippen molar-refractivity contribution in [3.05, 3.63) is 59.7 Å². The van der Waals surface area contributed by atoms with Gasteiger partial charge in [0, 0.05) is 30.6 Å². The molecule has 0 aromatic heterocycles. The molecule has 2 aromatic carbocycles. The number of para-hydroxylation sites is 1. The van der Waals surface area contributed by atoms with Gasteiger partial charge in [-0.25, -0.2) is 9.79 Å². The highest BCUT2D eigenvalue weighted by atomic mass is 16.2. The van der Waals surface area contributed by atoms with E-state index in [1.165, 1.54) is 6.42 Å². The van der Waals surface area contributed by atoms with Gasteiger partial charge >= 0.3 is 6.03 Å². The molecule has 1 fully saturated rings. The Bertz CT molecular complexity index is 999. The third-order valence-corrected chi connectivity index (χ3v) is 5.90. The third kappa shape index (κ3) is 4.61. The van der Waals surface area contributed by atoms with E-state index in [-0.39, 0.29) is 11.9 Å². The number of carbonyl (C=O) groups excluding carboxylic acids is 2. The molecule has 4 rings (SSSR count). The van der Waals surface area contributed by atoms with Gasteiger partial charge in [-0.05, 0) is 43.5 Å². The van der Waals surface area contributed by atoms with Gasteiger partial charge in [-0.1, -0.05) is 49.6 Å². The lowest BCUT2D eigenvalue weighted by Gasteiger charge is -2.37. The predicted octanol–water partition coefficient (Wildman–Crippen LogP) is 3.79. The summed E-state index contributed by atoms with van der Waals surface area (Å²) in [6.07, 6.45) is 6.94. The number of benzodiazepines with no additional fused rings is 1. The molecule has 0 spiro atoms. The summed E-state index contributed by atoms with van der Waals surface area (Å²) in [6.45, 7) is 1.96. The molecule has 1 heterocycles. The van der Waals surface area contributed by atoms with Gasteiger partial charge in [0.05, 0.1) is 5.69 Å². The molecule has 3 amide bonds. The van der Waals surface area contributed by atoms with E-state index >= 15 is 0 Å². The molecule has 3 N–H and O–H groups in total. The van der Waals surface area contributed by atoms with Crippen LogP contribution < -0.4 is 20.9 Å². The molecule has 162 valence electrons. The molecule has 7 nitrogen and oxygen atoms in total. The van der Waals surface area contributed by atoms with Crippen LogP contribution in [0, 0.1) is 6.92 Å². The van der Waals surface area contributed by atoms with Crippen molar-refractivity contribution in [1.29, 1.82) is 0 Å². The Morgan fingerprint density at radius 3 is 2.65 bits per heavy atom. The number of carbonyl (C=O) groups is 2. The zero-order valence-electron chi connectivity index (χ0n) is 18.0. The first-order valence-corrected chi connectivity index (χ1v) is 10.8. The number of nitrogens with zero attached hydrogens (tertiary/aromatic N) is 2. The summed E-state index contributed by atoms with van der Waals surface area (Å²) in [7, 11) is 1.72. The van der Waals surface area contributed by atoms with Gasteiger partial charge in [0.1, 0.15) is 0 Å². The molecule has 1 saturated carbocycles. The summed E-state index contributed by atoms with van der Waals surface area (Å²) >= 11 is 0. The number of urea groups is 1. The number of hydrogen-bond acceptors (Lipinski definition) is 4. The lowest BCUT2D eigenvalue weighted by molar-refractivity contribution is -0.125. The number of likely N-dealkylation sites (N-methyl/N-ethyl adjacent to an activating group) is 1. The minimum atomic E-state index is -1.58. The van der Waals surface area contributed by atoms with Crippen molar-refractivity contribution in [1.82, 2.24) is 10.6 Å². The maximum absolute atomic E-state index is 13.7. The van der Waals surface area contributed by atoms with Crippen LogP contribution in [0.3, 0.4) is 0 Å². The number of hydrogen-bond donors (Lipinski definition) is 3. The molecular formula is C24H29N5O2. The van der Waals surface area contributed by atoms with Gasteiger partial charge in [-0.2, -0.15) is 0 Å². The van der Waals surface area contributed by atoms with Crippen molar-refractivity contribution in [3.8, 4) is 0 Å². The molecule has 31 heavy (non-hydrogen) atoms. The third-order valence-electron chi connectivity index (χ3n) is 5.90. The maximum atomic E-state index is 13.7. The van der Waals surface area contributed by atoms with E-state index in [0.717, 1.165) is 42.5 Å². The van der Waals surface area contributed by atoms with Crippen molar-refractivity contribution >= 4 is 29.5 Å². The summed E-state index contributed by atoms with van der Waals surface area (Å²) in [5.74, 6) is -1.90. The van der Waals surface area contributed by atoms with E-state index in [1.807, 2.05) is 55.5 Å². The van der Waals surface area contributed by atoms with Crippen LogP contribution in [0.5, 0.6) is 0 Å². The molecule has 1 aliphatic heterocycles. The van der Waals surface area contributed by atoms with E-state index in [1.54, 1.807) is 18.2 Å². The van der Waals surface area contributed by atoms with Crippen LogP contribution in [-0.4, -0.2) is 37.0 Å². The lowest BCUT2D eigenvalue weighted by atomic mass is 9.95. The monoisotopic (exact) mass is 419 g/mol. The van der Waals surface area contributed by atoms with E-state index in [2.05, 4.69) is 20.9 Å². The Morgan fingerprint density at radius 2 is 1.87 bits per heavy atom. The maximum Gasteiger partial charge on any atom is 0.322 e. The number of nitrogens with one attached hydrogen (secondary N) is 3. The van der Waals surface area contributed by atoms with Crippen molar-refractivity contribution < 1.29 is 9.59 Å². The zero-order valence-corrected chi connectivity index (χ0v) is 18.0. The number of benzene rings is 2. The van der Waals surface area contributed by atoms with Crippen molar-refractivity contribution in [3.63, 3.8) is 0 Å². The second kappa shape index (κ2) is 8.89. The zero-order chi connectivity index (χ0) is 21.8. The molecule has 1 aliphatic carbocycles. The number of rotatable bonds is 4. The Morgan fingerprint density at radius 1 is 1.10 bits per heavy atom. The number of fused-ring (bicyclic) bond motifs is 1. The summed E-state index contributed by atoms with van der Waals surface area (Å²) < 4.78 is 0. The fourth-order valence-corrected chi connectivity index (χ4v) is 4.29.